The van der Waals surface area contributed by atoms with Gasteiger partial charge in [0.1, 0.15) is 18.0 Å². The molecule has 0 spiro atoms. The Kier molecular flexibility index (Phi) is 5.03. The average molecular weight is 405 g/mol. The summed E-state index contributed by atoms with van der Waals surface area (Å²) in [5.74, 6) is -1.09. The lowest BCUT2D eigenvalue weighted by Crippen LogP contribution is -2.49. The Labute approximate surface area is 164 Å². The molecular weight excluding hydrogens is 381 g/mol. The zero-order chi connectivity index (χ0) is 19.9. The molecule has 0 bridgehead atoms. The molecule has 0 aliphatic carbocycles. The zero-order valence-electron chi connectivity index (χ0n) is 15.8. The van der Waals surface area contributed by atoms with E-state index in [0.29, 0.717) is 6.54 Å². The fraction of sp³-hybridized carbons (Fsp3) is 0.429. The SMILES string of the molecule is CC1(C)O[C@@H]2CNC(C(Cc3ccc(F)cc3)S(=O)(=O)c3ccccc3)[C@@H]2O1. The van der Waals surface area contributed by atoms with Gasteiger partial charge in [0.25, 0.3) is 0 Å². The van der Waals surface area contributed by atoms with E-state index >= 15 is 0 Å². The van der Waals surface area contributed by atoms with Crippen LogP contribution < -0.4 is 5.32 Å². The van der Waals surface area contributed by atoms with E-state index in [1.54, 1.807) is 42.5 Å². The van der Waals surface area contributed by atoms with Crippen molar-refractivity contribution in [2.75, 3.05) is 6.54 Å². The van der Waals surface area contributed by atoms with Crippen molar-refractivity contribution in [3.05, 3.63) is 66.0 Å². The summed E-state index contributed by atoms with van der Waals surface area (Å²) in [5.41, 5.74) is 0.759. The van der Waals surface area contributed by atoms with Crippen LogP contribution in [0.15, 0.2) is 59.5 Å². The first kappa shape index (κ1) is 19.5. The third-order valence-corrected chi connectivity index (χ3v) is 7.54. The second kappa shape index (κ2) is 7.22. The van der Waals surface area contributed by atoms with E-state index in [1.807, 2.05) is 13.8 Å². The van der Waals surface area contributed by atoms with Gasteiger partial charge in [-0.15, -0.1) is 0 Å². The van der Waals surface area contributed by atoms with Crippen molar-refractivity contribution in [3.8, 4) is 0 Å². The number of rotatable bonds is 5. The van der Waals surface area contributed by atoms with E-state index in [9.17, 15) is 12.8 Å². The first-order valence-corrected chi connectivity index (χ1v) is 10.9. The lowest BCUT2D eigenvalue weighted by molar-refractivity contribution is -0.152. The third-order valence-electron chi connectivity index (χ3n) is 5.35. The molecule has 0 amide bonds. The summed E-state index contributed by atoms with van der Waals surface area (Å²) in [4.78, 5) is 0.269. The van der Waals surface area contributed by atoms with Crippen molar-refractivity contribution in [1.82, 2.24) is 5.32 Å². The topological polar surface area (TPSA) is 64.6 Å². The summed E-state index contributed by atoms with van der Waals surface area (Å²) >= 11 is 0. The molecule has 4 rings (SSSR count). The number of halogens is 1. The highest BCUT2D eigenvalue weighted by Gasteiger charge is 2.53. The molecule has 4 atom stereocenters. The van der Waals surface area contributed by atoms with Crippen LogP contribution >= 0.6 is 0 Å². The van der Waals surface area contributed by atoms with Gasteiger partial charge in [-0.1, -0.05) is 30.3 Å². The molecule has 1 N–H and O–H groups in total. The summed E-state index contributed by atoms with van der Waals surface area (Å²) in [5, 5.41) is 2.53. The molecule has 0 radical (unpaired) electrons. The van der Waals surface area contributed by atoms with Gasteiger partial charge >= 0.3 is 0 Å². The van der Waals surface area contributed by atoms with E-state index < -0.39 is 26.9 Å². The summed E-state index contributed by atoms with van der Waals surface area (Å²) < 4.78 is 52.3. The summed E-state index contributed by atoms with van der Waals surface area (Å²) in [6.45, 7) is 4.20. The fourth-order valence-corrected chi connectivity index (χ4v) is 6.04. The molecule has 0 saturated carbocycles. The van der Waals surface area contributed by atoms with Crippen LogP contribution in [0.1, 0.15) is 19.4 Å². The van der Waals surface area contributed by atoms with Crippen LogP contribution in [-0.2, 0) is 25.7 Å². The predicted octanol–water partition coefficient (Wildman–Crippen LogP) is 2.70. The van der Waals surface area contributed by atoms with E-state index in [4.69, 9.17) is 9.47 Å². The Hall–Kier alpha value is -1.80. The van der Waals surface area contributed by atoms with Crippen LogP contribution in [-0.4, -0.2) is 44.2 Å². The van der Waals surface area contributed by atoms with Crippen LogP contribution in [0.25, 0.3) is 0 Å². The second-order valence-electron chi connectivity index (χ2n) is 7.80. The monoisotopic (exact) mass is 405 g/mol. The molecule has 2 aliphatic heterocycles. The summed E-state index contributed by atoms with van der Waals surface area (Å²) in [6.07, 6.45) is -0.303. The van der Waals surface area contributed by atoms with E-state index in [0.717, 1.165) is 5.56 Å². The summed E-state index contributed by atoms with van der Waals surface area (Å²) in [7, 11) is -3.66. The minimum absolute atomic E-state index is 0.193. The van der Waals surface area contributed by atoms with Gasteiger partial charge in [-0.05, 0) is 50.1 Å². The Balaban J connectivity index is 1.71. The number of nitrogens with one attached hydrogen (secondary N) is 1. The molecular formula is C21H24FNO4S. The maximum Gasteiger partial charge on any atom is 0.183 e. The number of benzene rings is 2. The predicted molar refractivity (Wildman–Crippen MR) is 103 cm³/mol. The highest BCUT2D eigenvalue weighted by molar-refractivity contribution is 7.92. The van der Waals surface area contributed by atoms with Crippen LogP contribution in [0.3, 0.4) is 0 Å². The molecule has 0 aromatic heterocycles. The van der Waals surface area contributed by atoms with Gasteiger partial charge in [0.05, 0.1) is 16.2 Å². The lowest BCUT2D eigenvalue weighted by Gasteiger charge is -2.29. The molecule has 2 aromatic carbocycles. The molecule has 7 heteroatoms. The average Bonchev–Trinajstić information content (AvgIpc) is 3.17. The number of ether oxygens (including phenoxy) is 2. The van der Waals surface area contributed by atoms with Crippen molar-refractivity contribution in [1.29, 1.82) is 0 Å². The third kappa shape index (κ3) is 3.72. The van der Waals surface area contributed by atoms with Crippen molar-refractivity contribution in [2.45, 2.75) is 54.5 Å². The molecule has 28 heavy (non-hydrogen) atoms. The Bertz CT molecular complexity index is 931. The lowest BCUT2D eigenvalue weighted by atomic mass is 10.0. The molecule has 2 aromatic rings. The van der Waals surface area contributed by atoms with Crippen LogP contribution in [0.5, 0.6) is 0 Å². The minimum Gasteiger partial charge on any atom is -0.343 e. The first-order valence-electron chi connectivity index (χ1n) is 9.39. The van der Waals surface area contributed by atoms with E-state index in [-0.39, 0.29) is 29.3 Å². The standard InChI is InChI=1S/C21H24FNO4S/c1-21(2)26-17-13-23-19(20(17)27-21)18(12-14-8-10-15(22)11-9-14)28(24,25)16-6-4-3-5-7-16/h3-11,17-20,23H,12-13H2,1-2H3/t17-,18?,19?,20-/m1/s1. The maximum atomic E-state index is 13.5. The molecule has 2 unspecified atom stereocenters. The van der Waals surface area contributed by atoms with Crippen LogP contribution in [0.2, 0.25) is 0 Å². The quantitative estimate of drug-likeness (QED) is 0.829. The smallest absolute Gasteiger partial charge is 0.183 e. The van der Waals surface area contributed by atoms with Gasteiger partial charge in [0.2, 0.25) is 0 Å². The fourth-order valence-electron chi connectivity index (χ4n) is 4.10. The minimum atomic E-state index is -3.66. The van der Waals surface area contributed by atoms with E-state index in [1.165, 1.54) is 12.1 Å². The van der Waals surface area contributed by atoms with Gasteiger partial charge in [-0.25, -0.2) is 12.8 Å². The van der Waals surface area contributed by atoms with Crippen molar-refractivity contribution in [2.24, 2.45) is 0 Å². The molecule has 2 saturated heterocycles. The van der Waals surface area contributed by atoms with Gasteiger partial charge in [0, 0.05) is 6.54 Å². The molecule has 150 valence electrons. The maximum absolute atomic E-state index is 13.5. The van der Waals surface area contributed by atoms with Gasteiger partial charge in [-0.2, -0.15) is 0 Å². The van der Waals surface area contributed by atoms with Crippen LogP contribution in [0.4, 0.5) is 4.39 Å². The largest absolute Gasteiger partial charge is 0.343 e. The number of hydrogen-bond donors (Lipinski definition) is 1. The van der Waals surface area contributed by atoms with Crippen molar-refractivity contribution < 1.29 is 22.3 Å². The number of hydrogen-bond acceptors (Lipinski definition) is 5. The normalized spacial score (nSPS) is 27.5. The highest BCUT2D eigenvalue weighted by Crippen LogP contribution is 2.36. The molecule has 2 aliphatic rings. The van der Waals surface area contributed by atoms with Gasteiger partial charge in [0.15, 0.2) is 15.6 Å². The first-order chi connectivity index (χ1) is 13.3. The zero-order valence-corrected chi connectivity index (χ0v) is 16.7. The van der Waals surface area contributed by atoms with E-state index in [2.05, 4.69) is 5.32 Å². The van der Waals surface area contributed by atoms with Gasteiger partial charge < -0.3 is 14.8 Å². The number of fused-ring (bicyclic) bond motifs is 1. The molecule has 5 nitrogen and oxygen atoms in total. The summed E-state index contributed by atoms with van der Waals surface area (Å²) in [6, 6.07) is 14.0. The number of sulfone groups is 1. The van der Waals surface area contributed by atoms with Gasteiger partial charge in [-0.3, -0.25) is 0 Å². The Morgan fingerprint density at radius 1 is 1.11 bits per heavy atom. The second-order valence-corrected chi connectivity index (χ2v) is 9.97. The Morgan fingerprint density at radius 3 is 2.46 bits per heavy atom. The molecule has 2 heterocycles. The van der Waals surface area contributed by atoms with Crippen molar-refractivity contribution in [3.63, 3.8) is 0 Å². The Morgan fingerprint density at radius 2 is 1.79 bits per heavy atom. The van der Waals surface area contributed by atoms with Crippen LogP contribution in [0, 0.1) is 5.82 Å². The molecule has 2 fully saturated rings. The van der Waals surface area contributed by atoms with Crippen molar-refractivity contribution >= 4 is 9.84 Å². The highest BCUT2D eigenvalue weighted by atomic mass is 32.2.